The van der Waals surface area contributed by atoms with Crippen LogP contribution in [-0.2, 0) is 12.5 Å². The number of benzene rings is 1. The van der Waals surface area contributed by atoms with Gasteiger partial charge >= 0.3 is 6.09 Å². The molecule has 6 heteroatoms. The van der Waals surface area contributed by atoms with E-state index in [0.717, 1.165) is 4.90 Å². The number of amides is 1. The Morgan fingerprint density at radius 2 is 2.19 bits per heavy atom. The van der Waals surface area contributed by atoms with Crippen LogP contribution in [0.3, 0.4) is 0 Å². The van der Waals surface area contributed by atoms with Crippen molar-refractivity contribution in [1.29, 1.82) is 0 Å². The summed E-state index contributed by atoms with van der Waals surface area (Å²) in [5.41, 5.74) is 0.251. The van der Waals surface area contributed by atoms with E-state index >= 15 is 0 Å². The van der Waals surface area contributed by atoms with E-state index in [2.05, 4.69) is 15.9 Å². The fraction of sp³-hybridized carbons (Fsp3) is 0.300. The summed E-state index contributed by atoms with van der Waals surface area (Å²) < 4.78 is 27.9. The molecule has 0 fully saturated rings. The van der Waals surface area contributed by atoms with Crippen LogP contribution in [0.15, 0.2) is 22.7 Å². The van der Waals surface area contributed by atoms with Gasteiger partial charge in [0.15, 0.2) is 0 Å². The maximum absolute atomic E-state index is 13.6. The fourth-order valence-electron chi connectivity index (χ4n) is 1.77. The van der Waals surface area contributed by atoms with Gasteiger partial charge in [-0.05, 0) is 17.7 Å². The van der Waals surface area contributed by atoms with E-state index in [0.29, 0.717) is 10.0 Å². The third kappa shape index (κ3) is 1.89. The molecule has 3 nitrogen and oxygen atoms in total. The SMILES string of the molecule is O=C(O)N1Cc2cc(Br)ccc2C(F)(F)C1. The molecule has 1 heterocycles. The average molecular weight is 292 g/mol. The number of halogens is 3. The Balaban J connectivity index is 2.47. The van der Waals surface area contributed by atoms with Crippen LogP contribution in [0.4, 0.5) is 13.6 Å². The highest BCUT2D eigenvalue weighted by Gasteiger charge is 2.41. The number of rotatable bonds is 0. The molecule has 0 aromatic heterocycles. The van der Waals surface area contributed by atoms with Gasteiger partial charge in [-0.3, -0.25) is 4.90 Å². The Bertz CT molecular complexity index is 450. The van der Waals surface area contributed by atoms with E-state index in [4.69, 9.17) is 5.11 Å². The van der Waals surface area contributed by atoms with Crippen LogP contribution in [0.1, 0.15) is 11.1 Å². The minimum atomic E-state index is -3.12. The summed E-state index contributed by atoms with van der Waals surface area (Å²) in [5.74, 6) is -3.12. The van der Waals surface area contributed by atoms with Crippen molar-refractivity contribution in [3.05, 3.63) is 33.8 Å². The molecule has 0 unspecified atom stereocenters. The van der Waals surface area contributed by atoms with Gasteiger partial charge in [0, 0.05) is 16.6 Å². The number of alkyl halides is 2. The van der Waals surface area contributed by atoms with E-state index in [-0.39, 0.29) is 12.1 Å². The lowest BCUT2D eigenvalue weighted by molar-refractivity contribution is -0.0463. The van der Waals surface area contributed by atoms with Crippen LogP contribution in [0.2, 0.25) is 0 Å². The molecule has 0 spiro atoms. The predicted molar refractivity (Wildman–Crippen MR) is 56.5 cm³/mol. The molecule has 1 N–H and O–H groups in total. The van der Waals surface area contributed by atoms with Gasteiger partial charge in [0.1, 0.15) is 0 Å². The summed E-state index contributed by atoms with van der Waals surface area (Å²) in [4.78, 5) is 11.4. The molecule has 86 valence electrons. The molecule has 0 saturated carbocycles. The molecule has 1 aliphatic rings. The molecule has 1 aromatic carbocycles. The zero-order chi connectivity index (χ0) is 11.9. The Kier molecular flexibility index (Phi) is 2.61. The number of carboxylic acid groups (broad SMARTS) is 1. The van der Waals surface area contributed by atoms with E-state index in [1.807, 2.05) is 0 Å². The number of carbonyl (C=O) groups is 1. The van der Waals surface area contributed by atoms with E-state index < -0.39 is 18.6 Å². The Hall–Kier alpha value is -1.17. The van der Waals surface area contributed by atoms with E-state index in [1.165, 1.54) is 18.2 Å². The van der Waals surface area contributed by atoms with Gasteiger partial charge in [-0.1, -0.05) is 22.0 Å². The van der Waals surface area contributed by atoms with Gasteiger partial charge in [0.25, 0.3) is 5.92 Å². The van der Waals surface area contributed by atoms with Gasteiger partial charge in [-0.2, -0.15) is 8.78 Å². The highest BCUT2D eigenvalue weighted by molar-refractivity contribution is 9.10. The standard InChI is InChI=1S/C10H8BrF2NO2/c11-7-1-2-8-6(3-7)4-14(9(15)16)5-10(8,12)13/h1-3H,4-5H2,(H,15,16). The summed E-state index contributed by atoms with van der Waals surface area (Å²) in [6.45, 7) is -0.781. The minimum absolute atomic E-state index is 0.000301. The monoisotopic (exact) mass is 291 g/mol. The van der Waals surface area contributed by atoms with Crippen molar-refractivity contribution in [3.8, 4) is 0 Å². The maximum atomic E-state index is 13.6. The molecule has 0 aliphatic carbocycles. The van der Waals surface area contributed by atoms with E-state index in [9.17, 15) is 13.6 Å². The van der Waals surface area contributed by atoms with Crippen LogP contribution in [0.5, 0.6) is 0 Å². The van der Waals surface area contributed by atoms with Crippen molar-refractivity contribution in [3.63, 3.8) is 0 Å². The van der Waals surface area contributed by atoms with Crippen LogP contribution in [0.25, 0.3) is 0 Å². The zero-order valence-corrected chi connectivity index (χ0v) is 9.67. The van der Waals surface area contributed by atoms with Crippen molar-refractivity contribution in [2.45, 2.75) is 12.5 Å². The Morgan fingerprint density at radius 3 is 2.81 bits per heavy atom. The molecule has 1 aliphatic heterocycles. The van der Waals surface area contributed by atoms with E-state index in [1.54, 1.807) is 0 Å². The van der Waals surface area contributed by atoms with Crippen molar-refractivity contribution in [2.24, 2.45) is 0 Å². The van der Waals surface area contributed by atoms with Crippen molar-refractivity contribution in [2.75, 3.05) is 6.54 Å². The van der Waals surface area contributed by atoms with Gasteiger partial charge < -0.3 is 5.11 Å². The molecule has 0 radical (unpaired) electrons. The topological polar surface area (TPSA) is 40.5 Å². The second-order valence-electron chi connectivity index (χ2n) is 3.64. The summed E-state index contributed by atoms with van der Waals surface area (Å²) in [6, 6.07) is 4.39. The molecular formula is C10H8BrF2NO2. The zero-order valence-electron chi connectivity index (χ0n) is 8.08. The molecule has 0 bridgehead atoms. The largest absolute Gasteiger partial charge is 0.465 e. The van der Waals surface area contributed by atoms with Gasteiger partial charge in [-0.15, -0.1) is 0 Å². The first-order valence-corrected chi connectivity index (χ1v) is 5.34. The highest BCUT2D eigenvalue weighted by Crippen LogP contribution is 2.37. The first-order valence-electron chi connectivity index (χ1n) is 4.55. The molecule has 1 amide bonds. The lowest BCUT2D eigenvalue weighted by Gasteiger charge is -2.32. The summed E-state index contributed by atoms with van der Waals surface area (Å²) in [5, 5.41) is 8.75. The first kappa shape index (κ1) is 11.3. The molecule has 0 atom stereocenters. The predicted octanol–water partition coefficient (Wildman–Crippen LogP) is 3.03. The Morgan fingerprint density at radius 1 is 1.50 bits per heavy atom. The molecule has 1 aromatic rings. The summed E-state index contributed by atoms with van der Waals surface area (Å²) >= 11 is 3.17. The van der Waals surface area contributed by atoms with Crippen molar-refractivity contribution >= 4 is 22.0 Å². The summed E-state index contributed by atoms with van der Waals surface area (Å²) in [7, 11) is 0. The molecule has 2 rings (SSSR count). The maximum Gasteiger partial charge on any atom is 0.407 e. The molecule has 16 heavy (non-hydrogen) atoms. The average Bonchev–Trinajstić information content (AvgIpc) is 2.15. The third-order valence-corrected chi connectivity index (χ3v) is 2.98. The van der Waals surface area contributed by atoms with Gasteiger partial charge in [0.2, 0.25) is 0 Å². The second kappa shape index (κ2) is 3.69. The molecule has 0 saturated heterocycles. The highest BCUT2D eigenvalue weighted by atomic mass is 79.9. The summed E-state index contributed by atoms with van der Waals surface area (Å²) in [6.07, 6.45) is -1.33. The van der Waals surface area contributed by atoms with Crippen LogP contribution in [0, 0.1) is 0 Å². The van der Waals surface area contributed by atoms with Crippen molar-refractivity contribution in [1.82, 2.24) is 4.90 Å². The third-order valence-electron chi connectivity index (χ3n) is 2.48. The number of hydrogen-bond donors (Lipinski definition) is 1. The quantitative estimate of drug-likeness (QED) is 0.798. The normalized spacial score (nSPS) is 18.1. The smallest absolute Gasteiger partial charge is 0.407 e. The number of hydrogen-bond acceptors (Lipinski definition) is 1. The number of fused-ring (bicyclic) bond motifs is 1. The second-order valence-corrected chi connectivity index (χ2v) is 4.56. The van der Waals surface area contributed by atoms with Crippen LogP contribution < -0.4 is 0 Å². The van der Waals surface area contributed by atoms with Gasteiger partial charge in [-0.25, -0.2) is 4.79 Å². The molecular weight excluding hydrogens is 284 g/mol. The lowest BCUT2D eigenvalue weighted by Crippen LogP contribution is -2.43. The Labute approximate surface area is 98.8 Å². The van der Waals surface area contributed by atoms with Crippen LogP contribution in [-0.4, -0.2) is 22.6 Å². The van der Waals surface area contributed by atoms with Crippen LogP contribution >= 0.6 is 15.9 Å². The fourth-order valence-corrected chi connectivity index (χ4v) is 2.18. The minimum Gasteiger partial charge on any atom is -0.465 e. The first-order chi connectivity index (χ1) is 7.40. The number of nitrogens with zero attached hydrogens (tertiary/aromatic N) is 1. The lowest BCUT2D eigenvalue weighted by atomic mass is 9.97. The van der Waals surface area contributed by atoms with Gasteiger partial charge in [0.05, 0.1) is 6.54 Å². The van der Waals surface area contributed by atoms with Crippen molar-refractivity contribution < 1.29 is 18.7 Å².